The molecular weight excluding hydrogens is 442 g/mol. The van der Waals surface area contributed by atoms with E-state index in [4.69, 9.17) is 9.88 Å². The Bertz CT molecular complexity index is 1380. The fourth-order valence-electron chi connectivity index (χ4n) is 3.64. The third-order valence-corrected chi connectivity index (χ3v) is 6.53. The summed E-state index contributed by atoms with van der Waals surface area (Å²) in [4.78, 5) is 17.0. The van der Waals surface area contributed by atoms with Gasteiger partial charge in [-0.15, -0.1) is 4.36 Å². The summed E-state index contributed by atoms with van der Waals surface area (Å²) in [5, 5.41) is 22.1. The summed E-state index contributed by atoms with van der Waals surface area (Å²) < 4.78 is 24.0. The number of anilines is 1. The van der Waals surface area contributed by atoms with Crippen LogP contribution in [0.15, 0.2) is 52.0 Å². The minimum absolute atomic E-state index is 0.0656. The zero-order valence-corrected chi connectivity index (χ0v) is 19.0. The van der Waals surface area contributed by atoms with Crippen molar-refractivity contribution in [2.24, 2.45) is 9.50 Å². The Kier molecular flexibility index (Phi) is 6.13. The first-order chi connectivity index (χ1) is 15.8. The van der Waals surface area contributed by atoms with E-state index in [1.807, 2.05) is 38.1 Å². The van der Waals surface area contributed by atoms with Gasteiger partial charge in [0.25, 0.3) is 0 Å². The number of ether oxygens (including phenoxy) is 1. The lowest BCUT2D eigenvalue weighted by Gasteiger charge is -2.18. The minimum Gasteiger partial charge on any atom is -0.477 e. The molecule has 0 saturated carbocycles. The van der Waals surface area contributed by atoms with E-state index < -0.39 is 15.9 Å². The van der Waals surface area contributed by atoms with Crippen molar-refractivity contribution in [2.45, 2.75) is 37.6 Å². The van der Waals surface area contributed by atoms with Crippen LogP contribution in [0.2, 0.25) is 0 Å². The van der Waals surface area contributed by atoms with E-state index in [1.165, 1.54) is 12.4 Å². The highest BCUT2D eigenvalue weighted by Gasteiger charge is 2.24. The molecule has 1 aliphatic heterocycles. The fraction of sp³-hybridized carbons (Fsp3) is 0.273. The number of nitrogens with two attached hydrogens (primary N) is 1. The molecule has 3 N–H and O–H groups in total. The van der Waals surface area contributed by atoms with Crippen LogP contribution in [0.4, 0.5) is 10.5 Å². The topological polar surface area (TPSA) is 148 Å². The number of carbonyl (C=O) groups is 1. The van der Waals surface area contributed by atoms with Gasteiger partial charge in [0.2, 0.25) is 5.88 Å². The largest absolute Gasteiger partial charge is 0.477 e. The molecule has 3 aromatic rings. The first kappa shape index (κ1) is 22.4. The van der Waals surface area contributed by atoms with Gasteiger partial charge in [-0.3, -0.25) is 0 Å². The number of aromatic nitrogens is 3. The maximum atomic E-state index is 13.2. The van der Waals surface area contributed by atoms with Gasteiger partial charge in [0.05, 0.1) is 18.5 Å². The van der Waals surface area contributed by atoms with Gasteiger partial charge in [0.15, 0.2) is 9.92 Å². The summed E-state index contributed by atoms with van der Waals surface area (Å²) >= 11 is 0. The number of aryl methyl sites for hydroxylation is 1. The summed E-state index contributed by atoms with van der Waals surface area (Å²) in [6, 6.07) is 10.1. The Morgan fingerprint density at radius 1 is 1.39 bits per heavy atom. The molecule has 1 aliphatic rings. The zero-order valence-electron chi connectivity index (χ0n) is 18.2. The second-order valence-corrected chi connectivity index (χ2v) is 9.55. The Morgan fingerprint density at radius 2 is 2.21 bits per heavy atom. The van der Waals surface area contributed by atoms with Crippen LogP contribution < -0.4 is 15.2 Å². The number of nitrogens with zero attached hydrogens (tertiary/aromatic N) is 5. The van der Waals surface area contributed by atoms with Crippen molar-refractivity contribution in [2.75, 3.05) is 11.9 Å². The van der Waals surface area contributed by atoms with E-state index in [1.54, 1.807) is 16.8 Å². The molecule has 1 atom stereocenters. The van der Waals surface area contributed by atoms with Gasteiger partial charge in [-0.05, 0) is 29.2 Å². The molecule has 0 aliphatic carbocycles. The number of hydrogen-bond donors (Lipinski definition) is 2. The molecule has 2 aromatic heterocycles. The molecule has 11 heteroatoms. The highest BCUT2D eigenvalue weighted by Crippen LogP contribution is 2.35. The predicted octanol–water partition coefficient (Wildman–Crippen LogP) is 3.66. The number of hydrogen-bond acceptors (Lipinski definition) is 6. The summed E-state index contributed by atoms with van der Waals surface area (Å²) in [6.07, 6.45) is 3.63. The van der Waals surface area contributed by atoms with Gasteiger partial charge in [-0.2, -0.15) is 10.4 Å². The van der Waals surface area contributed by atoms with Gasteiger partial charge in [-0.25, -0.2) is 23.8 Å². The second kappa shape index (κ2) is 9.01. The molecule has 0 bridgehead atoms. The summed E-state index contributed by atoms with van der Waals surface area (Å²) in [7, 11) is -3.60. The maximum absolute atomic E-state index is 13.2. The normalized spacial score (nSPS) is 14.5. The number of urea groups is 1. The summed E-state index contributed by atoms with van der Waals surface area (Å²) in [5.41, 5.74) is 2.98. The smallest absolute Gasteiger partial charge is 0.354 e. The number of amides is 2. The van der Waals surface area contributed by atoms with E-state index in [9.17, 15) is 14.3 Å². The first-order valence-corrected chi connectivity index (χ1v) is 11.9. The molecule has 10 nitrogen and oxygen atoms in total. The number of nitriles is 1. The maximum Gasteiger partial charge on any atom is 0.354 e. The monoisotopic (exact) mass is 465 g/mol. The average molecular weight is 466 g/mol. The molecule has 0 fully saturated rings. The molecule has 170 valence electrons. The van der Waals surface area contributed by atoms with Crippen molar-refractivity contribution in [1.29, 1.82) is 5.26 Å². The van der Waals surface area contributed by atoms with Gasteiger partial charge in [0, 0.05) is 24.7 Å². The Balaban J connectivity index is 1.74. The van der Waals surface area contributed by atoms with Gasteiger partial charge < -0.3 is 10.1 Å². The zero-order chi connectivity index (χ0) is 23.6. The van der Waals surface area contributed by atoms with Crippen LogP contribution in [0.1, 0.15) is 37.4 Å². The van der Waals surface area contributed by atoms with Crippen molar-refractivity contribution in [3.8, 4) is 23.1 Å². The standard InChI is InChI=1S/C22H23N7O3S/c1-14(2)17-5-3-6-18(15-7-8-25-16(11-15)12-23)20(17)27-22(30)28-33(24,31)19-13-26-29-9-4-10-32-21(19)29/h3,5-8,11,13-14H,4,9-10H2,1-2H3,(H3,24,27,28,30,31)/t33-/m0/s1. The number of pyridine rings is 1. The van der Waals surface area contributed by atoms with Crippen LogP contribution in [0.5, 0.6) is 5.88 Å². The highest BCUT2D eigenvalue weighted by molar-refractivity contribution is 7.91. The molecule has 3 heterocycles. The van der Waals surface area contributed by atoms with Gasteiger partial charge in [-0.1, -0.05) is 32.0 Å². The number of nitrogens with one attached hydrogen (secondary N) is 1. The first-order valence-electron chi connectivity index (χ1n) is 10.3. The molecule has 0 unspecified atom stereocenters. The molecule has 0 radical (unpaired) electrons. The number of rotatable bonds is 4. The summed E-state index contributed by atoms with van der Waals surface area (Å²) in [5.74, 6) is 0.338. The molecule has 1 aromatic carbocycles. The number of carbonyl (C=O) groups excluding carboxylic acids is 1. The molecule has 4 rings (SSSR count). The van der Waals surface area contributed by atoms with Gasteiger partial charge in [0.1, 0.15) is 16.7 Å². The third kappa shape index (κ3) is 4.57. The molecule has 2 amide bonds. The van der Waals surface area contributed by atoms with E-state index in [0.29, 0.717) is 30.0 Å². The lowest BCUT2D eigenvalue weighted by molar-refractivity contribution is 0.224. The predicted molar refractivity (Wildman–Crippen MR) is 123 cm³/mol. The molecule has 0 spiro atoms. The molecule has 33 heavy (non-hydrogen) atoms. The highest BCUT2D eigenvalue weighted by atomic mass is 32.2. The average Bonchev–Trinajstić information content (AvgIpc) is 3.24. The Labute approximate surface area is 191 Å². The van der Waals surface area contributed by atoms with Crippen molar-refractivity contribution < 1.29 is 13.7 Å². The lowest BCUT2D eigenvalue weighted by Crippen LogP contribution is -2.21. The van der Waals surface area contributed by atoms with Crippen LogP contribution in [-0.4, -0.2) is 31.6 Å². The van der Waals surface area contributed by atoms with Crippen LogP contribution in [0, 0.1) is 11.3 Å². The SMILES string of the molecule is CC(C)c1cccc(-c2ccnc(C#N)c2)c1NC(=O)N=[S@](N)(=O)c1cnn2c1OCCC2. The lowest BCUT2D eigenvalue weighted by atomic mass is 9.94. The van der Waals surface area contributed by atoms with Crippen molar-refractivity contribution in [1.82, 2.24) is 14.8 Å². The summed E-state index contributed by atoms with van der Waals surface area (Å²) in [6.45, 7) is 5.03. The molecular formula is C22H23N7O3S. The number of para-hydroxylation sites is 1. The second-order valence-electron chi connectivity index (χ2n) is 7.80. The molecule has 0 saturated heterocycles. The quantitative estimate of drug-likeness (QED) is 0.601. The van der Waals surface area contributed by atoms with E-state index in [2.05, 4.69) is 19.8 Å². The van der Waals surface area contributed by atoms with Crippen molar-refractivity contribution >= 4 is 21.6 Å². The fourth-order valence-corrected chi connectivity index (χ4v) is 4.64. The number of benzene rings is 1. The van der Waals surface area contributed by atoms with E-state index >= 15 is 0 Å². The van der Waals surface area contributed by atoms with E-state index in [0.717, 1.165) is 12.0 Å². The Hall–Kier alpha value is -3.75. The minimum atomic E-state index is -3.60. The van der Waals surface area contributed by atoms with Crippen LogP contribution in [0.25, 0.3) is 11.1 Å². The van der Waals surface area contributed by atoms with Crippen LogP contribution >= 0.6 is 0 Å². The Morgan fingerprint density at radius 3 is 2.97 bits per heavy atom. The van der Waals surface area contributed by atoms with Gasteiger partial charge >= 0.3 is 6.03 Å². The van der Waals surface area contributed by atoms with E-state index in [-0.39, 0.29) is 22.4 Å². The van der Waals surface area contributed by atoms with Crippen molar-refractivity contribution in [3.63, 3.8) is 0 Å². The third-order valence-electron chi connectivity index (χ3n) is 5.18. The number of fused-ring (bicyclic) bond motifs is 1. The van der Waals surface area contributed by atoms with Crippen LogP contribution in [-0.2, 0) is 16.5 Å². The van der Waals surface area contributed by atoms with Crippen LogP contribution in [0.3, 0.4) is 0 Å². The van der Waals surface area contributed by atoms with Crippen molar-refractivity contribution in [3.05, 3.63) is 54.0 Å².